The average Bonchev–Trinajstić information content (AvgIpc) is 3.27. The van der Waals surface area contributed by atoms with E-state index in [1.807, 2.05) is 32.2 Å². The number of rotatable bonds is 8. The number of amides is 1. The third kappa shape index (κ3) is 4.42. The number of aldehydes is 1. The highest BCUT2D eigenvalue weighted by Crippen LogP contribution is 2.49. The highest BCUT2D eigenvalue weighted by atomic mass is 16.5. The van der Waals surface area contributed by atoms with E-state index in [1.54, 1.807) is 7.05 Å². The monoisotopic (exact) mass is 499 g/mol. The molecule has 0 radical (unpaired) electrons. The number of methoxy groups -OCH3 is 1. The van der Waals surface area contributed by atoms with Gasteiger partial charge in [-0.05, 0) is 53.3 Å². The highest BCUT2D eigenvalue weighted by Gasteiger charge is 2.40. The molecule has 5 rings (SSSR count). The number of para-hydroxylation sites is 1. The van der Waals surface area contributed by atoms with E-state index in [4.69, 9.17) is 4.74 Å². The van der Waals surface area contributed by atoms with E-state index in [-0.39, 0.29) is 24.5 Å². The fourth-order valence-electron chi connectivity index (χ4n) is 6.49. The van der Waals surface area contributed by atoms with Crippen molar-refractivity contribution in [2.45, 2.75) is 49.8 Å². The minimum Gasteiger partial charge on any atom is -0.375 e. The minimum absolute atomic E-state index is 0.0362. The number of piperidine rings is 1. The Morgan fingerprint density at radius 1 is 1.08 bits per heavy atom. The van der Waals surface area contributed by atoms with E-state index in [0.29, 0.717) is 6.04 Å². The van der Waals surface area contributed by atoms with Crippen molar-refractivity contribution in [1.29, 1.82) is 0 Å². The normalized spacial score (nSPS) is 21.5. The van der Waals surface area contributed by atoms with Gasteiger partial charge in [-0.25, -0.2) is 0 Å². The van der Waals surface area contributed by atoms with Gasteiger partial charge in [0.2, 0.25) is 5.91 Å². The second-order valence-corrected chi connectivity index (χ2v) is 10.7. The fourth-order valence-corrected chi connectivity index (χ4v) is 6.49. The predicted octanol–water partition coefficient (Wildman–Crippen LogP) is 4.78. The van der Waals surface area contributed by atoms with Gasteiger partial charge in [-0.15, -0.1) is 0 Å². The van der Waals surface area contributed by atoms with Gasteiger partial charge in [-0.3, -0.25) is 9.69 Å². The third-order valence-corrected chi connectivity index (χ3v) is 8.54. The van der Waals surface area contributed by atoms with Crippen LogP contribution in [0.3, 0.4) is 0 Å². The smallest absolute Gasteiger partial charge is 0.221 e. The van der Waals surface area contributed by atoms with Crippen molar-refractivity contribution in [2.24, 2.45) is 0 Å². The lowest BCUT2D eigenvalue weighted by atomic mass is 9.79. The summed E-state index contributed by atoms with van der Waals surface area (Å²) in [5, 5.41) is 5.29. The fraction of sp³-hybridized carbons (Fsp3) is 0.419. The van der Waals surface area contributed by atoms with Gasteiger partial charge in [0.25, 0.3) is 0 Å². The van der Waals surface area contributed by atoms with Crippen LogP contribution in [0.25, 0.3) is 10.8 Å². The zero-order valence-corrected chi connectivity index (χ0v) is 22.2. The standard InChI is InChI=1S/C31H37N3O3/c1-31(20-35,19-27(36)32-2)25-13-5-6-14-26(25)33(3)22-15-17-34(18-16-22)29-23-11-7-9-21-10-8-12-24(28(21)23)30(29)37-4/h5-14,20,22,29-30H,15-19H2,1-4H3,(H,32,36)/t29?,30-,31?/m0/s1. The van der Waals surface area contributed by atoms with E-state index in [9.17, 15) is 9.59 Å². The van der Waals surface area contributed by atoms with Crippen LogP contribution >= 0.6 is 0 Å². The summed E-state index contributed by atoms with van der Waals surface area (Å²) in [5.41, 5.74) is 3.69. The van der Waals surface area contributed by atoms with Crippen LogP contribution in [0.4, 0.5) is 5.69 Å². The molecule has 0 aromatic heterocycles. The van der Waals surface area contributed by atoms with Crippen LogP contribution in [-0.4, -0.2) is 57.4 Å². The molecule has 194 valence electrons. The second kappa shape index (κ2) is 10.3. The number of anilines is 1. The van der Waals surface area contributed by atoms with Crippen molar-refractivity contribution >= 4 is 28.7 Å². The number of carbonyl (C=O) groups excluding carboxylic acids is 2. The third-order valence-electron chi connectivity index (χ3n) is 8.54. The van der Waals surface area contributed by atoms with Crippen LogP contribution in [0.2, 0.25) is 0 Å². The molecular weight excluding hydrogens is 462 g/mol. The molecule has 1 aliphatic heterocycles. The van der Waals surface area contributed by atoms with E-state index in [2.05, 4.69) is 64.6 Å². The molecule has 3 aromatic rings. The molecule has 1 heterocycles. The van der Waals surface area contributed by atoms with Crippen molar-refractivity contribution in [3.63, 3.8) is 0 Å². The first-order valence-electron chi connectivity index (χ1n) is 13.2. The highest BCUT2D eigenvalue weighted by molar-refractivity contribution is 5.92. The number of likely N-dealkylation sites (tertiary alicyclic amines) is 1. The first-order valence-corrected chi connectivity index (χ1v) is 13.2. The lowest BCUT2D eigenvalue weighted by molar-refractivity contribution is -0.124. The quantitative estimate of drug-likeness (QED) is 0.452. The van der Waals surface area contributed by atoms with E-state index >= 15 is 0 Å². The summed E-state index contributed by atoms with van der Waals surface area (Å²) in [6.07, 6.45) is 3.10. The lowest BCUT2D eigenvalue weighted by Crippen LogP contribution is -2.46. The van der Waals surface area contributed by atoms with Crippen molar-refractivity contribution in [2.75, 3.05) is 39.2 Å². The molecule has 1 saturated heterocycles. The molecule has 1 fully saturated rings. The van der Waals surface area contributed by atoms with Gasteiger partial charge >= 0.3 is 0 Å². The molecule has 2 aliphatic rings. The van der Waals surface area contributed by atoms with Gasteiger partial charge in [0.05, 0.1) is 11.5 Å². The summed E-state index contributed by atoms with van der Waals surface area (Å²) in [6.45, 7) is 3.79. The number of carbonyl (C=O) groups is 2. The van der Waals surface area contributed by atoms with Gasteiger partial charge in [0.15, 0.2) is 0 Å². The maximum absolute atomic E-state index is 12.2. The second-order valence-electron chi connectivity index (χ2n) is 10.7. The molecule has 6 heteroatoms. The van der Waals surface area contributed by atoms with Crippen LogP contribution in [0.1, 0.15) is 55.0 Å². The van der Waals surface area contributed by atoms with Crippen LogP contribution in [0.15, 0.2) is 60.7 Å². The van der Waals surface area contributed by atoms with Crippen molar-refractivity contribution in [3.05, 3.63) is 77.4 Å². The van der Waals surface area contributed by atoms with E-state index < -0.39 is 5.41 Å². The topological polar surface area (TPSA) is 61.9 Å². The Balaban J connectivity index is 1.36. The maximum atomic E-state index is 12.2. The first-order chi connectivity index (χ1) is 17.9. The van der Waals surface area contributed by atoms with Crippen molar-refractivity contribution in [1.82, 2.24) is 10.2 Å². The van der Waals surface area contributed by atoms with Crippen LogP contribution < -0.4 is 10.2 Å². The molecule has 3 atom stereocenters. The molecule has 1 aliphatic carbocycles. The summed E-state index contributed by atoms with van der Waals surface area (Å²) in [4.78, 5) is 29.3. The molecule has 3 aromatic carbocycles. The number of benzene rings is 3. The molecule has 0 spiro atoms. The number of nitrogens with one attached hydrogen (secondary N) is 1. The zero-order valence-electron chi connectivity index (χ0n) is 22.2. The average molecular weight is 500 g/mol. The van der Waals surface area contributed by atoms with Gasteiger partial charge in [-0.2, -0.15) is 0 Å². The Labute approximate surface area is 219 Å². The van der Waals surface area contributed by atoms with Gasteiger partial charge in [-0.1, -0.05) is 54.6 Å². The number of hydrogen-bond acceptors (Lipinski definition) is 5. The summed E-state index contributed by atoms with van der Waals surface area (Å²) in [5.74, 6) is -0.138. The predicted molar refractivity (Wildman–Crippen MR) is 148 cm³/mol. The van der Waals surface area contributed by atoms with Crippen molar-refractivity contribution in [3.8, 4) is 0 Å². The molecule has 1 amide bonds. The SMILES string of the molecule is CNC(=O)CC(C)(C=O)c1ccccc1N(C)C1CCN(C2c3cccc4cccc(c34)[C@@H]2OC)CC1. The zero-order chi connectivity index (χ0) is 26.2. The summed E-state index contributed by atoms with van der Waals surface area (Å²) in [6, 6.07) is 21.7. The molecule has 0 saturated carbocycles. The Morgan fingerprint density at radius 3 is 2.41 bits per heavy atom. The van der Waals surface area contributed by atoms with Gasteiger partial charge in [0.1, 0.15) is 12.4 Å². The Hall–Kier alpha value is -3.22. The van der Waals surface area contributed by atoms with Crippen LogP contribution in [0, 0.1) is 0 Å². The van der Waals surface area contributed by atoms with E-state index in [1.165, 1.54) is 21.9 Å². The molecule has 37 heavy (non-hydrogen) atoms. The lowest BCUT2D eigenvalue weighted by Gasteiger charge is -2.42. The van der Waals surface area contributed by atoms with Crippen molar-refractivity contribution < 1.29 is 14.3 Å². The molecule has 0 bridgehead atoms. The van der Waals surface area contributed by atoms with E-state index in [0.717, 1.165) is 43.5 Å². The molecule has 6 nitrogen and oxygen atoms in total. The minimum atomic E-state index is -0.883. The number of nitrogens with zero attached hydrogens (tertiary/aromatic N) is 2. The Bertz CT molecular complexity index is 1290. The summed E-state index contributed by atoms with van der Waals surface area (Å²) >= 11 is 0. The van der Waals surface area contributed by atoms with Gasteiger partial charge in [0, 0.05) is 52.4 Å². The summed E-state index contributed by atoms with van der Waals surface area (Å²) in [7, 11) is 5.55. The Morgan fingerprint density at radius 2 is 1.76 bits per heavy atom. The van der Waals surface area contributed by atoms with Crippen LogP contribution in [-0.2, 0) is 19.7 Å². The maximum Gasteiger partial charge on any atom is 0.221 e. The Kier molecular flexibility index (Phi) is 7.06. The number of ether oxygens (including phenoxy) is 1. The largest absolute Gasteiger partial charge is 0.375 e. The summed E-state index contributed by atoms with van der Waals surface area (Å²) < 4.78 is 6.08. The van der Waals surface area contributed by atoms with Crippen LogP contribution in [0.5, 0.6) is 0 Å². The molecule has 1 N–H and O–H groups in total. The molecule has 2 unspecified atom stereocenters. The van der Waals surface area contributed by atoms with Gasteiger partial charge < -0.3 is 19.7 Å². The number of hydrogen-bond donors (Lipinski definition) is 1. The molecular formula is C31H37N3O3. The first kappa shape index (κ1) is 25.4.